The fraction of sp³-hybridized carbons (Fsp3) is 0.333. The van der Waals surface area contributed by atoms with Gasteiger partial charge in [-0.2, -0.15) is 0 Å². The van der Waals surface area contributed by atoms with Gasteiger partial charge in [0.1, 0.15) is 0 Å². The Hall–Kier alpha value is -4.51. The Morgan fingerprint density at radius 2 is 1.51 bits per heavy atom. The summed E-state index contributed by atoms with van der Waals surface area (Å²) in [5, 5.41) is 0.721. The molecule has 0 aliphatic carbocycles. The second kappa shape index (κ2) is 13.1. The number of carbonyl (C=O) groups is 1. The van der Waals surface area contributed by atoms with Crippen molar-refractivity contribution >= 4 is 32.7 Å². The van der Waals surface area contributed by atoms with E-state index in [1.807, 2.05) is 49.2 Å². The van der Waals surface area contributed by atoms with Crippen LogP contribution < -0.4 is 4.90 Å². The Balaban J connectivity index is 1.28. The minimum absolute atomic E-state index is 0.0180. The van der Waals surface area contributed by atoms with Crippen LogP contribution >= 0.6 is 0 Å². The Kier molecular flexibility index (Phi) is 8.81. The maximum absolute atomic E-state index is 14.0. The van der Waals surface area contributed by atoms with Gasteiger partial charge in [0.25, 0.3) is 15.9 Å². The molecule has 1 unspecified atom stereocenters. The van der Waals surface area contributed by atoms with E-state index in [0.29, 0.717) is 11.2 Å². The van der Waals surface area contributed by atoms with Crippen molar-refractivity contribution in [1.29, 1.82) is 0 Å². The minimum atomic E-state index is -3.94. The molecule has 2 aliphatic rings. The van der Waals surface area contributed by atoms with Crippen LogP contribution in [0.15, 0.2) is 90.1 Å². The molecule has 7 rings (SSSR count). The number of hydrogen-bond acceptors (Lipinski definition) is 7. The molecule has 10 heteroatoms. The lowest BCUT2D eigenvalue weighted by atomic mass is 9.99. The summed E-state index contributed by atoms with van der Waals surface area (Å²) in [6, 6.07) is 23.1. The van der Waals surface area contributed by atoms with E-state index in [2.05, 4.69) is 53.9 Å². The zero-order chi connectivity index (χ0) is 34.4. The van der Waals surface area contributed by atoms with E-state index in [0.717, 1.165) is 78.9 Å². The summed E-state index contributed by atoms with van der Waals surface area (Å²) >= 11 is 0. The standard InChI is InChI=1S/C39H44N6O3S/c1-27-6-13-34(14-7-27)49(47,48)45-26-36(29-8-10-30(11-9-29)39(46)43(5)33-16-17-42(4)25-33)35-23-32(24-40-38(35)45)31-12-15-37(28(2)22-31)44-20-18-41(3)19-21-44/h6-15,22-24,26,33H,16-21,25H2,1-5H3. The molecule has 2 saturated heterocycles. The number of fused-ring (bicyclic) bond motifs is 1. The van der Waals surface area contributed by atoms with Crippen LogP contribution in [0.5, 0.6) is 0 Å². The first-order valence-corrected chi connectivity index (χ1v) is 18.4. The van der Waals surface area contributed by atoms with Crippen LogP contribution in [-0.4, -0.2) is 104 Å². The van der Waals surface area contributed by atoms with Crippen LogP contribution in [0.2, 0.25) is 0 Å². The number of likely N-dealkylation sites (N-methyl/N-ethyl adjacent to an activating group) is 3. The highest BCUT2D eigenvalue weighted by Crippen LogP contribution is 2.36. The number of pyridine rings is 1. The van der Waals surface area contributed by atoms with Gasteiger partial charge in [0.05, 0.1) is 4.90 Å². The number of benzene rings is 3. The summed E-state index contributed by atoms with van der Waals surface area (Å²) in [7, 11) is 2.17. The molecule has 254 valence electrons. The lowest BCUT2D eigenvalue weighted by molar-refractivity contribution is 0.0737. The lowest BCUT2D eigenvalue weighted by Gasteiger charge is -2.35. The van der Waals surface area contributed by atoms with Crippen molar-refractivity contribution < 1.29 is 13.2 Å². The zero-order valence-electron chi connectivity index (χ0n) is 28.9. The van der Waals surface area contributed by atoms with Crippen molar-refractivity contribution in [1.82, 2.24) is 23.7 Å². The molecule has 0 N–H and O–H groups in total. The molecular weight excluding hydrogens is 633 g/mol. The fourth-order valence-electron chi connectivity index (χ4n) is 7.10. The van der Waals surface area contributed by atoms with Crippen molar-refractivity contribution in [2.75, 3.05) is 65.3 Å². The molecule has 5 aromatic rings. The van der Waals surface area contributed by atoms with Gasteiger partial charge in [-0.3, -0.25) is 4.79 Å². The quantitative estimate of drug-likeness (QED) is 0.217. The Morgan fingerprint density at radius 1 is 0.816 bits per heavy atom. The van der Waals surface area contributed by atoms with Gasteiger partial charge in [0.15, 0.2) is 5.65 Å². The largest absolute Gasteiger partial charge is 0.369 e. The number of aromatic nitrogens is 2. The minimum Gasteiger partial charge on any atom is -0.369 e. The fourth-order valence-corrected chi connectivity index (χ4v) is 8.43. The van der Waals surface area contributed by atoms with Gasteiger partial charge in [-0.25, -0.2) is 17.4 Å². The molecule has 0 radical (unpaired) electrons. The van der Waals surface area contributed by atoms with Gasteiger partial charge in [0.2, 0.25) is 0 Å². The van der Waals surface area contributed by atoms with Gasteiger partial charge in [-0.1, -0.05) is 35.9 Å². The van der Waals surface area contributed by atoms with Crippen molar-refractivity contribution in [3.05, 3.63) is 102 Å². The molecule has 2 fully saturated rings. The lowest BCUT2D eigenvalue weighted by Crippen LogP contribution is -2.44. The van der Waals surface area contributed by atoms with Crippen molar-refractivity contribution in [2.45, 2.75) is 31.2 Å². The van der Waals surface area contributed by atoms with E-state index in [9.17, 15) is 13.2 Å². The number of hydrogen-bond donors (Lipinski definition) is 0. The predicted molar refractivity (Wildman–Crippen MR) is 197 cm³/mol. The summed E-state index contributed by atoms with van der Waals surface area (Å²) in [6.45, 7) is 9.98. The number of carbonyl (C=O) groups excluding carboxylic acids is 1. The van der Waals surface area contributed by atoms with Crippen molar-refractivity contribution in [3.63, 3.8) is 0 Å². The summed E-state index contributed by atoms with van der Waals surface area (Å²) in [6.07, 6.45) is 4.38. The zero-order valence-corrected chi connectivity index (χ0v) is 29.7. The molecule has 2 aromatic heterocycles. The molecule has 0 saturated carbocycles. The first-order chi connectivity index (χ1) is 23.5. The molecular formula is C39H44N6O3S. The van der Waals surface area contributed by atoms with Crippen LogP contribution in [0, 0.1) is 13.8 Å². The highest BCUT2D eigenvalue weighted by atomic mass is 32.2. The SMILES string of the molecule is Cc1ccc(S(=O)(=O)n2cc(-c3ccc(C(=O)N(C)C4CCN(C)C4)cc3)c3cc(-c4ccc(N5CCN(C)CC5)c(C)c4)cnc32)cc1. The normalized spacial score (nSPS) is 17.6. The molecule has 2 aliphatic heterocycles. The number of likely N-dealkylation sites (tertiary alicyclic amines) is 1. The van der Waals surface area contributed by atoms with Crippen molar-refractivity contribution in [3.8, 4) is 22.3 Å². The smallest absolute Gasteiger partial charge is 0.269 e. The average molecular weight is 677 g/mol. The Labute approximate surface area is 289 Å². The van der Waals surface area contributed by atoms with E-state index in [1.54, 1.807) is 36.7 Å². The van der Waals surface area contributed by atoms with E-state index in [4.69, 9.17) is 4.98 Å². The third-order valence-electron chi connectivity index (χ3n) is 10.2. The molecule has 4 heterocycles. The number of rotatable bonds is 7. The van der Waals surface area contributed by atoms with Crippen molar-refractivity contribution in [2.24, 2.45) is 0 Å². The number of nitrogens with zero attached hydrogens (tertiary/aromatic N) is 6. The Bertz CT molecular complexity index is 2120. The van der Waals surface area contributed by atoms with Crippen LogP contribution in [-0.2, 0) is 10.0 Å². The first-order valence-electron chi connectivity index (χ1n) is 16.9. The summed E-state index contributed by atoms with van der Waals surface area (Å²) in [4.78, 5) is 27.2. The monoisotopic (exact) mass is 676 g/mol. The molecule has 3 aromatic carbocycles. The highest BCUT2D eigenvalue weighted by molar-refractivity contribution is 7.90. The first kappa shape index (κ1) is 33.0. The molecule has 49 heavy (non-hydrogen) atoms. The topological polar surface area (TPSA) is 82.0 Å². The second-order valence-corrected chi connectivity index (χ2v) is 15.6. The van der Waals surface area contributed by atoms with Crippen LogP contribution in [0.1, 0.15) is 27.9 Å². The summed E-state index contributed by atoms with van der Waals surface area (Å²) in [5.41, 5.74) is 7.83. The Morgan fingerprint density at radius 3 is 2.16 bits per heavy atom. The van der Waals surface area contributed by atoms with Gasteiger partial charge in [0, 0.05) is 86.0 Å². The number of amides is 1. The van der Waals surface area contributed by atoms with Gasteiger partial charge < -0.3 is 19.6 Å². The number of aryl methyl sites for hydroxylation is 2. The molecule has 1 amide bonds. The maximum Gasteiger partial charge on any atom is 0.269 e. The third kappa shape index (κ3) is 6.36. The molecule has 9 nitrogen and oxygen atoms in total. The molecule has 0 spiro atoms. The molecule has 1 atom stereocenters. The van der Waals surface area contributed by atoms with E-state index < -0.39 is 10.0 Å². The number of piperazine rings is 1. The summed E-state index contributed by atoms with van der Waals surface area (Å²) in [5.74, 6) is -0.0180. The van der Waals surface area contributed by atoms with Gasteiger partial charge in [-0.15, -0.1) is 0 Å². The average Bonchev–Trinajstić information content (AvgIpc) is 3.72. The maximum atomic E-state index is 14.0. The van der Waals surface area contributed by atoms with E-state index in [-0.39, 0.29) is 16.8 Å². The van der Waals surface area contributed by atoms with Crippen LogP contribution in [0.25, 0.3) is 33.3 Å². The molecule has 0 bridgehead atoms. The van der Waals surface area contributed by atoms with Crippen LogP contribution in [0.4, 0.5) is 5.69 Å². The number of anilines is 1. The third-order valence-corrected chi connectivity index (χ3v) is 11.9. The van der Waals surface area contributed by atoms with Gasteiger partial charge in [-0.05, 0) is 100 Å². The van der Waals surface area contributed by atoms with E-state index >= 15 is 0 Å². The summed E-state index contributed by atoms with van der Waals surface area (Å²) < 4.78 is 29.4. The highest BCUT2D eigenvalue weighted by Gasteiger charge is 2.28. The second-order valence-electron chi connectivity index (χ2n) is 13.7. The van der Waals surface area contributed by atoms with Crippen LogP contribution in [0.3, 0.4) is 0 Å². The predicted octanol–water partition coefficient (Wildman–Crippen LogP) is 5.75. The van der Waals surface area contributed by atoms with Gasteiger partial charge >= 0.3 is 0 Å². The van der Waals surface area contributed by atoms with E-state index in [1.165, 1.54) is 15.2 Å².